The van der Waals surface area contributed by atoms with Crippen molar-refractivity contribution in [2.24, 2.45) is 0 Å². The maximum Gasteiger partial charge on any atom is 0.342 e. The SMILES string of the molecule is COc1ccc(C(=O)OCC(=O)Nc2ncc(Cl)c(C)c2Cl)c(OC)c1OC. The summed E-state index contributed by atoms with van der Waals surface area (Å²) in [7, 11) is 4.24. The molecule has 0 aliphatic rings. The summed E-state index contributed by atoms with van der Waals surface area (Å²) in [6, 6.07) is 2.97. The Kier molecular flexibility index (Phi) is 7.31. The number of hydrogen-bond donors (Lipinski definition) is 1. The number of nitrogens with zero attached hydrogens (tertiary/aromatic N) is 1. The Morgan fingerprint density at radius 2 is 1.75 bits per heavy atom. The third-order valence-electron chi connectivity index (χ3n) is 3.72. The van der Waals surface area contributed by atoms with Gasteiger partial charge in [-0.2, -0.15) is 0 Å². The molecule has 28 heavy (non-hydrogen) atoms. The Labute approximate surface area is 171 Å². The lowest BCUT2D eigenvalue weighted by atomic mass is 10.1. The van der Waals surface area contributed by atoms with Crippen molar-refractivity contribution >= 4 is 40.9 Å². The molecular formula is C18H18Cl2N2O6. The minimum absolute atomic E-state index is 0.0754. The van der Waals surface area contributed by atoms with Crippen molar-refractivity contribution in [3.05, 3.63) is 39.5 Å². The second-order valence-corrected chi connectivity index (χ2v) is 6.19. The number of aromatic nitrogens is 1. The summed E-state index contributed by atoms with van der Waals surface area (Å²) in [5, 5.41) is 3.03. The van der Waals surface area contributed by atoms with Crippen molar-refractivity contribution in [3.8, 4) is 17.2 Å². The quantitative estimate of drug-likeness (QED) is 0.673. The van der Waals surface area contributed by atoms with E-state index in [0.717, 1.165) is 0 Å². The van der Waals surface area contributed by atoms with E-state index < -0.39 is 18.5 Å². The predicted octanol–water partition coefficient (Wildman–Crippen LogP) is 3.52. The van der Waals surface area contributed by atoms with Crippen LogP contribution in [0.1, 0.15) is 15.9 Å². The van der Waals surface area contributed by atoms with Crippen LogP contribution in [0, 0.1) is 6.92 Å². The summed E-state index contributed by atoms with van der Waals surface area (Å²) in [6.45, 7) is 1.13. The molecule has 10 heteroatoms. The van der Waals surface area contributed by atoms with Gasteiger partial charge in [-0.25, -0.2) is 9.78 Å². The van der Waals surface area contributed by atoms with Crippen molar-refractivity contribution in [1.82, 2.24) is 4.98 Å². The van der Waals surface area contributed by atoms with Crippen molar-refractivity contribution < 1.29 is 28.5 Å². The van der Waals surface area contributed by atoms with Crippen LogP contribution < -0.4 is 19.5 Å². The highest BCUT2D eigenvalue weighted by molar-refractivity contribution is 6.37. The zero-order chi connectivity index (χ0) is 20.8. The average molecular weight is 429 g/mol. The third-order valence-corrected chi connectivity index (χ3v) is 4.56. The molecule has 8 nitrogen and oxygen atoms in total. The summed E-state index contributed by atoms with van der Waals surface area (Å²) in [5.74, 6) is -0.536. The first kappa shape index (κ1) is 21.6. The number of nitrogens with one attached hydrogen (secondary N) is 1. The molecule has 0 radical (unpaired) electrons. The lowest BCUT2D eigenvalue weighted by Gasteiger charge is -2.15. The van der Waals surface area contributed by atoms with Gasteiger partial charge in [0.2, 0.25) is 5.75 Å². The number of methoxy groups -OCH3 is 3. The Bertz CT molecular complexity index is 904. The second-order valence-electron chi connectivity index (χ2n) is 5.40. The van der Waals surface area contributed by atoms with E-state index in [1.807, 2.05) is 0 Å². The van der Waals surface area contributed by atoms with Gasteiger partial charge in [-0.3, -0.25) is 4.79 Å². The average Bonchev–Trinajstić information content (AvgIpc) is 2.70. The van der Waals surface area contributed by atoms with Crippen LogP contribution in [0.4, 0.5) is 5.82 Å². The Morgan fingerprint density at radius 1 is 1.07 bits per heavy atom. The molecule has 0 aliphatic heterocycles. The number of carbonyl (C=O) groups is 2. The second kappa shape index (κ2) is 9.48. The van der Waals surface area contributed by atoms with E-state index in [-0.39, 0.29) is 27.9 Å². The number of esters is 1. The fourth-order valence-corrected chi connectivity index (χ4v) is 2.67. The number of hydrogen-bond acceptors (Lipinski definition) is 7. The number of ether oxygens (including phenoxy) is 4. The van der Waals surface area contributed by atoms with Gasteiger partial charge in [0.25, 0.3) is 5.91 Å². The largest absolute Gasteiger partial charge is 0.493 e. The first-order chi connectivity index (χ1) is 13.3. The fourth-order valence-electron chi connectivity index (χ4n) is 2.28. The van der Waals surface area contributed by atoms with Gasteiger partial charge in [-0.05, 0) is 24.6 Å². The molecule has 0 unspecified atom stereocenters. The molecule has 0 saturated carbocycles. The standard InChI is InChI=1S/C18H18Cl2N2O6/c1-9-11(19)7-21-17(14(9)20)22-13(23)8-28-18(24)10-5-6-12(25-2)16(27-4)15(10)26-3/h5-7H,8H2,1-4H3,(H,21,22,23). The van der Waals surface area contributed by atoms with Gasteiger partial charge in [0.1, 0.15) is 5.56 Å². The normalized spacial score (nSPS) is 10.2. The number of rotatable bonds is 7. The topological polar surface area (TPSA) is 96.0 Å². The van der Waals surface area contributed by atoms with Gasteiger partial charge in [-0.1, -0.05) is 23.2 Å². The monoisotopic (exact) mass is 428 g/mol. The number of halogens is 2. The maximum atomic E-state index is 12.4. The van der Waals surface area contributed by atoms with Crippen molar-refractivity contribution in [3.63, 3.8) is 0 Å². The molecular weight excluding hydrogens is 411 g/mol. The van der Waals surface area contributed by atoms with Crippen molar-refractivity contribution in [1.29, 1.82) is 0 Å². The lowest BCUT2D eigenvalue weighted by Crippen LogP contribution is -2.22. The Morgan fingerprint density at radius 3 is 2.36 bits per heavy atom. The van der Waals surface area contributed by atoms with Crippen LogP contribution in [0.5, 0.6) is 17.2 Å². The van der Waals surface area contributed by atoms with E-state index in [1.165, 1.54) is 39.7 Å². The fraction of sp³-hybridized carbons (Fsp3) is 0.278. The van der Waals surface area contributed by atoms with E-state index in [9.17, 15) is 9.59 Å². The van der Waals surface area contributed by atoms with Gasteiger partial charge in [0.05, 0.1) is 31.4 Å². The molecule has 0 spiro atoms. The number of anilines is 1. The third kappa shape index (κ3) is 4.58. The van der Waals surface area contributed by atoms with E-state index in [0.29, 0.717) is 16.3 Å². The first-order valence-corrected chi connectivity index (χ1v) is 8.66. The van der Waals surface area contributed by atoms with Crippen molar-refractivity contribution in [2.75, 3.05) is 33.3 Å². The number of carbonyl (C=O) groups excluding carboxylic acids is 2. The highest BCUT2D eigenvalue weighted by Gasteiger charge is 2.22. The smallest absolute Gasteiger partial charge is 0.342 e. The van der Waals surface area contributed by atoms with Gasteiger partial charge in [0.15, 0.2) is 23.9 Å². The summed E-state index contributed by atoms with van der Waals surface area (Å²) in [5.41, 5.74) is 0.645. The summed E-state index contributed by atoms with van der Waals surface area (Å²) in [4.78, 5) is 28.4. The van der Waals surface area contributed by atoms with Crippen LogP contribution in [0.15, 0.2) is 18.3 Å². The molecule has 1 amide bonds. The van der Waals surface area contributed by atoms with Crippen LogP contribution >= 0.6 is 23.2 Å². The Hall–Kier alpha value is -2.71. The summed E-state index contributed by atoms with van der Waals surface area (Å²) >= 11 is 12.0. The molecule has 0 saturated heterocycles. The highest BCUT2D eigenvalue weighted by atomic mass is 35.5. The van der Waals surface area contributed by atoms with Crippen LogP contribution in [-0.2, 0) is 9.53 Å². The molecule has 1 N–H and O–H groups in total. The minimum Gasteiger partial charge on any atom is -0.493 e. The predicted molar refractivity (Wildman–Crippen MR) is 104 cm³/mol. The van der Waals surface area contributed by atoms with E-state index in [4.69, 9.17) is 42.1 Å². The maximum absolute atomic E-state index is 12.4. The number of amides is 1. The van der Waals surface area contributed by atoms with E-state index >= 15 is 0 Å². The molecule has 0 bridgehead atoms. The molecule has 2 aromatic rings. The molecule has 1 aromatic heterocycles. The van der Waals surface area contributed by atoms with Crippen LogP contribution in [0.2, 0.25) is 10.0 Å². The molecule has 1 heterocycles. The van der Waals surface area contributed by atoms with Crippen LogP contribution in [0.25, 0.3) is 0 Å². The molecule has 2 rings (SSSR count). The molecule has 0 fully saturated rings. The van der Waals surface area contributed by atoms with Gasteiger partial charge < -0.3 is 24.3 Å². The minimum atomic E-state index is -0.778. The van der Waals surface area contributed by atoms with E-state index in [1.54, 1.807) is 6.92 Å². The Balaban J connectivity index is 2.10. The van der Waals surface area contributed by atoms with Gasteiger partial charge in [0, 0.05) is 6.20 Å². The summed E-state index contributed by atoms with van der Waals surface area (Å²) in [6.07, 6.45) is 1.36. The number of pyridine rings is 1. The molecule has 0 atom stereocenters. The molecule has 150 valence electrons. The first-order valence-electron chi connectivity index (χ1n) is 7.90. The van der Waals surface area contributed by atoms with Gasteiger partial charge >= 0.3 is 5.97 Å². The zero-order valence-corrected chi connectivity index (χ0v) is 17.1. The van der Waals surface area contributed by atoms with Crippen molar-refractivity contribution in [2.45, 2.75) is 6.92 Å². The highest BCUT2D eigenvalue weighted by Crippen LogP contribution is 2.40. The zero-order valence-electron chi connectivity index (χ0n) is 15.6. The van der Waals surface area contributed by atoms with E-state index in [2.05, 4.69) is 10.3 Å². The van der Waals surface area contributed by atoms with Crippen LogP contribution in [-0.4, -0.2) is 44.8 Å². The molecule has 1 aromatic carbocycles. The lowest BCUT2D eigenvalue weighted by molar-refractivity contribution is -0.119. The van der Waals surface area contributed by atoms with Gasteiger partial charge in [-0.15, -0.1) is 0 Å². The van der Waals surface area contributed by atoms with Crippen LogP contribution in [0.3, 0.4) is 0 Å². The molecule has 0 aliphatic carbocycles. The number of benzene rings is 1. The summed E-state index contributed by atoms with van der Waals surface area (Å²) < 4.78 is 20.6.